The topological polar surface area (TPSA) is 104 Å². The summed E-state index contributed by atoms with van der Waals surface area (Å²) in [5.41, 5.74) is 3.33. The van der Waals surface area contributed by atoms with Crippen LogP contribution >= 0.6 is 0 Å². The lowest BCUT2D eigenvalue weighted by Crippen LogP contribution is -2.30. The van der Waals surface area contributed by atoms with Crippen LogP contribution < -0.4 is 20.1 Å². The largest absolute Gasteiger partial charge is 0.493 e. The number of carbonyl (C=O) groups is 2. The number of rotatable bonds is 9. The van der Waals surface area contributed by atoms with Crippen molar-refractivity contribution in [1.82, 2.24) is 10.2 Å². The fraction of sp³-hybridized carbons (Fsp3) is 0.276. The first-order valence-corrected chi connectivity index (χ1v) is 12.3. The first kappa shape index (κ1) is 27.3. The van der Waals surface area contributed by atoms with E-state index in [4.69, 9.17) is 14.9 Å². The van der Waals surface area contributed by atoms with Gasteiger partial charge >= 0.3 is 0 Å². The fourth-order valence-electron chi connectivity index (χ4n) is 3.88. The van der Waals surface area contributed by atoms with E-state index in [0.717, 1.165) is 23.4 Å². The lowest BCUT2D eigenvalue weighted by atomic mass is 10.1. The molecule has 0 bridgehead atoms. The number of nitrogens with zero attached hydrogens (tertiary/aromatic N) is 1. The van der Waals surface area contributed by atoms with Crippen LogP contribution in [0, 0.1) is 5.41 Å². The molecule has 1 aliphatic rings. The fourth-order valence-corrected chi connectivity index (χ4v) is 3.88. The summed E-state index contributed by atoms with van der Waals surface area (Å²) in [6, 6.07) is 12.3. The zero-order valence-electron chi connectivity index (χ0n) is 21.8. The Labute approximate surface area is 218 Å². The minimum absolute atomic E-state index is 0.0527. The summed E-state index contributed by atoms with van der Waals surface area (Å²) >= 11 is 0. The zero-order chi connectivity index (χ0) is 26.8. The van der Waals surface area contributed by atoms with E-state index in [0.29, 0.717) is 42.3 Å². The molecular formula is C29H34N4O4. The van der Waals surface area contributed by atoms with E-state index in [9.17, 15) is 9.59 Å². The predicted molar refractivity (Wildman–Crippen MR) is 147 cm³/mol. The molecule has 8 heteroatoms. The van der Waals surface area contributed by atoms with Gasteiger partial charge in [-0.25, -0.2) is 0 Å². The molecule has 0 aliphatic carbocycles. The minimum atomic E-state index is -0.536. The first-order valence-electron chi connectivity index (χ1n) is 12.3. The first-order chi connectivity index (χ1) is 17.9. The molecule has 2 aromatic rings. The number of anilines is 1. The Morgan fingerprint density at radius 3 is 2.41 bits per heavy atom. The third-order valence-electron chi connectivity index (χ3n) is 5.97. The van der Waals surface area contributed by atoms with E-state index in [-0.39, 0.29) is 11.6 Å². The molecule has 0 saturated heterocycles. The van der Waals surface area contributed by atoms with Gasteiger partial charge in [0.2, 0.25) is 0 Å². The summed E-state index contributed by atoms with van der Waals surface area (Å²) in [4.78, 5) is 26.9. The van der Waals surface area contributed by atoms with Crippen LogP contribution in [0.5, 0.6) is 11.5 Å². The number of methoxy groups -OCH3 is 2. The van der Waals surface area contributed by atoms with Crippen molar-refractivity contribution in [3.05, 3.63) is 83.6 Å². The molecule has 1 heterocycles. The number of nitrogens with one attached hydrogen (secondary N) is 3. The van der Waals surface area contributed by atoms with Crippen molar-refractivity contribution in [2.45, 2.75) is 26.7 Å². The normalized spacial score (nSPS) is 16.3. The highest BCUT2D eigenvalue weighted by atomic mass is 16.5. The molecule has 194 valence electrons. The zero-order valence-corrected chi connectivity index (χ0v) is 21.8. The average molecular weight is 503 g/mol. The monoisotopic (exact) mass is 502 g/mol. The van der Waals surface area contributed by atoms with Crippen molar-refractivity contribution in [2.24, 2.45) is 0 Å². The Bertz CT molecular complexity index is 1220. The van der Waals surface area contributed by atoms with Crippen molar-refractivity contribution in [3.63, 3.8) is 0 Å². The highest BCUT2D eigenvalue weighted by molar-refractivity contribution is 6.46. The molecule has 8 nitrogen and oxygen atoms in total. The van der Waals surface area contributed by atoms with Crippen LogP contribution in [-0.4, -0.2) is 49.7 Å². The molecule has 0 fully saturated rings. The number of benzene rings is 2. The number of allylic oxidation sites excluding steroid dienone is 4. The Morgan fingerprint density at radius 1 is 1.05 bits per heavy atom. The quantitative estimate of drug-likeness (QED) is 0.418. The van der Waals surface area contributed by atoms with Crippen LogP contribution in [-0.2, 0) is 4.79 Å². The van der Waals surface area contributed by atoms with Crippen LogP contribution in [0.3, 0.4) is 0 Å². The van der Waals surface area contributed by atoms with Crippen molar-refractivity contribution in [3.8, 4) is 11.5 Å². The molecule has 2 amide bonds. The summed E-state index contributed by atoms with van der Waals surface area (Å²) in [5.74, 6) is 0.651. The van der Waals surface area contributed by atoms with Gasteiger partial charge in [0, 0.05) is 41.3 Å². The van der Waals surface area contributed by atoms with Crippen molar-refractivity contribution in [1.29, 1.82) is 5.41 Å². The number of ether oxygens (including phenoxy) is 2. The molecule has 0 aromatic heterocycles. The predicted octanol–water partition coefficient (Wildman–Crippen LogP) is 5.01. The van der Waals surface area contributed by atoms with Gasteiger partial charge in [0.05, 0.1) is 14.2 Å². The number of hydrogen-bond acceptors (Lipinski definition) is 6. The molecule has 1 aliphatic heterocycles. The lowest BCUT2D eigenvalue weighted by molar-refractivity contribution is -0.110. The van der Waals surface area contributed by atoms with Crippen molar-refractivity contribution >= 4 is 28.9 Å². The Morgan fingerprint density at radius 2 is 1.76 bits per heavy atom. The highest BCUT2D eigenvalue weighted by Gasteiger charge is 2.15. The summed E-state index contributed by atoms with van der Waals surface area (Å²) in [6.07, 6.45) is 8.91. The molecule has 0 atom stereocenters. The molecule has 0 spiro atoms. The molecule has 37 heavy (non-hydrogen) atoms. The number of hydrogen-bond donors (Lipinski definition) is 3. The van der Waals surface area contributed by atoms with E-state index in [1.807, 2.05) is 50.3 Å². The van der Waals surface area contributed by atoms with Gasteiger partial charge in [0.1, 0.15) is 5.71 Å². The number of amides is 2. The summed E-state index contributed by atoms with van der Waals surface area (Å²) in [7, 11) is 3.18. The molecule has 3 N–H and O–H groups in total. The Hall–Kier alpha value is -4.33. The van der Waals surface area contributed by atoms with E-state index in [2.05, 4.69) is 10.6 Å². The molecule has 2 aromatic carbocycles. The lowest BCUT2D eigenvalue weighted by Gasteiger charge is -2.18. The summed E-state index contributed by atoms with van der Waals surface area (Å²) in [6.45, 7) is 5.13. The van der Waals surface area contributed by atoms with E-state index >= 15 is 0 Å². The van der Waals surface area contributed by atoms with E-state index in [1.54, 1.807) is 49.5 Å². The van der Waals surface area contributed by atoms with Crippen LogP contribution in [0.1, 0.15) is 42.6 Å². The molecule has 0 saturated carbocycles. The van der Waals surface area contributed by atoms with Crippen LogP contribution in [0.4, 0.5) is 5.69 Å². The van der Waals surface area contributed by atoms with Crippen LogP contribution in [0.25, 0.3) is 5.70 Å². The smallest absolute Gasteiger partial charge is 0.273 e. The minimum Gasteiger partial charge on any atom is -0.493 e. The molecule has 0 radical (unpaired) electrons. The van der Waals surface area contributed by atoms with Gasteiger partial charge in [0.25, 0.3) is 11.8 Å². The van der Waals surface area contributed by atoms with Crippen molar-refractivity contribution < 1.29 is 19.1 Å². The molecule has 0 unspecified atom stereocenters. The Balaban J connectivity index is 1.71. The van der Waals surface area contributed by atoms with Gasteiger partial charge in [0.15, 0.2) is 11.5 Å². The van der Waals surface area contributed by atoms with Gasteiger partial charge in [-0.3, -0.25) is 15.0 Å². The van der Waals surface area contributed by atoms with E-state index < -0.39 is 5.91 Å². The summed E-state index contributed by atoms with van der Waals surface area (Å²) in [5, 5.41) is 14.4. The maximum Gasteiger partial charge on any atom is 0.273 e. The van der Waals surface area contributed by atoms with Gasteiger partial charge in [-0.1, -0.05) is 12.2 Å². The SMILES string of the molecule is CCN(CC)C(=O)c1ccc(NC(=O)C(=N)/C=C2/CC/C=C\C=C(\c3ccc(OC)c(OC)c3)N2)cc1. The summed E-state index contributed by atoms with van der Waals surface area (Å²) < 4.78 is 10.8. The van der Waals surface area contributed by atoms with Gasteiger partial charge < -0.3 is 25.0 Å². The van der Waals surface area contributed by atoms with Crippen molar-refractivity contribution in [2.75, 3.05) is 32.6 Å². The second kappa shape index (κ2) is 13.1. The molecular weight excluding hydrogens is 468 g/mol. The van der Waals surface area contributed by atoms with E-state index in [1.165, 1.54) is 0 Å². The standard InChI is InChI=1S/C29H34N4O4/c1-5-33(6-2)29(35)20-12-15-22(16-13-20)32-28(34)24(30)19-23-10-8-7-9-11-25(31-23)21-14-17-26(36-3)27(18-21)37-4/h7,9,11-19,30-31H,5-6,8,10H2,1-4H3,(H,32,34)/b9-7-,23-19-,25-11-,30-24?. The molecule has 3 rings (SSSR count). The second-order valence-electron chi connectivity index (χ2n) is 8.33. The second-order valence-corrected chi connectivity index (χ2v) is 8.33. The number of carbonyl (C=O) groups excluding carboxylic acids is 2. The van der Waals surface area contributed by atoms with Gasteiger partial charge in [-0.15, -0.1) is 0 Å². The van der Waals surface area contributed by atoms with Crippen LogP contribution in [0.2, 0.25) is 0 Å². The van der Waals surface area contributed by atoms with Gasteiger partial charge in [-0.2, -0.15) is 0 Å². The Kier molecular flexibility index (Phi) is 9.66. The highest BCUT2D eigenvalue weighted by Crippen LogP contribution is 2.30. The third-order valence-corrected chi connectivity index (χ3v) is 5.97. The maximum atomic E-state index is 12.7. The maximum absolute atomic E-state index is 12.7. The third kappa shape index (κ3) is 7.10. The van der Waals surface area contributed by atoms with Gasteiger partial charge in [-0.05, 0) is 81.3 Å². The van der Waals surface area contributed by atoms with Crippen LogP contribution in [0.15, 0.2) is 72.5 Å². The average Bonchev–Trinajstić information content (AvgIpc) is 2.90.